The van der Waals surface area contributed by atoms with Crippen LogP contribution in [0, 0.1) is 10.1 Å². The molecule has 2 fully saturated rings. The average Bonchev–Trinajstić information content (AvgIpc) is 2.77. The van der Waals surface area contributed by atoms with Gasteiger partial charge in [-0.15, -0.1) is 0 Å². The summed E-state index contributed by atoms with van der Waals surface area (Å²) in [6, 6.07) is 6.29. The van der Waals surface area contributed by atoms with Gasteiger partial charge in [-0.2, -0.15) is 0 Å². The lowest BCUT2D eigenvalue weighted by molar-refractivity contribution is -0.385. The number of hydrogen-bond donors (Lipinski definition) is 1. The molecule has 1 N–H and O–H groups in total. The van der Waals surface area contributed by atoms with E-state index in [-0.39, 0.29) is 5.69 Å². The smallest absolute Gasteiger partial charge is 0.311 e. The second kappa shape index (κ2) is 5.28. The van der Waals surface area contributed by atoms with Crippen LogP contribution in [0.2, 0.25) is 0 Å². The van der Waals surface area contributed by atoms with Crippen molar-refractivity contribution in [3.63, 3.8) is 0 Å². The van der Waals surface area contributed by atoms with Crippen molar-refractivity contribution in [3.8, 4) is 5.75 Å². The molecule has 108 valence electrons. The lowest BCUT2D eigenvalue weighted by Gasteiger charge is -2.26. The fourth-order valence-corrected chi connectivity index (χ4v) is 3.19. The molecule has 1 aromatic rings. The zero-order valence-electron chi connectivity index (χ0n) is 11.5. The Morgan fingerprint density at radius 2 is 2.15 bits per heavy atom. The third kappa shape index (κ3) is 2.43. The van der Waals surface area contributed by atoms with E-state index < -0.39 is 4.92 Å². The highest BCUT2D eigenvalue weighted by Crippen LogP contribution is 2.33. The van der Waals surface area contributed by atoms with Gasteiger partial charge < -0.3 is 15.0 Å². The Hall–Kier alpha value is -1.82. The first-order valence-electron chi connectivity index (χ1n) is 7.01. The quantitative estimate of drug-likeness (QED) is 0.675. The van der Waals surface area contributed by atoms with E-state index in [0.717, 1.165) is 25.2 Å². The topological polar surface area (TPSA) is 67.6 Å². The van der Waals surface area contributed by atoms with Crippen LogP contribution in [0.5, 0.6) is 5.75 Å². The van der Waals surface area contributed by atoms with Crippen LogP contribution >= 0.6 is 0 Å². The first-order valence-corrected chi connectivity index (χ1v) is 7.01. The molecule has 2 bridgehead atoms. The summed E-state index contributed by atoms with van der Waals surface area (Å²) in [6.07, 6.45) is 3.60. The average molecular weight is 277 g/mol. The Balaban J connectivity index is 1.84. The van der Waals surface area contributed by atoms with Gasteiger partial charge in [-0.1, -0.05) is 0 Å². The van der Waals surface area contributed by atoms with Crippen LogP contribution < -0.4 is 15.0 Å². The van der Waals surface area contributed by atoms with Gasteiger partial charge in [-0.3, -0.25) is 10.1 Å². The van der Waals surface area contributed by atoms with Crippen LogP contribution in [0.25, 0.3) is 0 Å². The van der Waals surface area contributed by atoms with Crippen molar-refractivity contribution in [1.29, 1.82) is 0 Å². The summed E-state index contributed by atoms with van der Waals surface area (Å²) in [7, 11) is 1.47. The number of nitro benzene ring substituents is 1. The Morgan fingerprint density at radius 1 is 1.35 bits per heavy atom. The number of fused-ring (bicyclic) bond motifs is 2. The number of nitrogens with zero attached hydrogens (tertiary/aromatic N) is 2. The lowest BCUT2D eigenvalue weighted by atomic mass is 10.1. The molecule has 20 heavy (non-hydrogen) atoms. The Labute approximate surface area is 117 Å². The van der Waals surface area contributed by atoms with Crippen LogP contribution in [0.15, 0.2) is 18.2 Å². The molecule has 2 unspecified atom stereocenters. The van der Waals surface area contributed by atoms with Gasteiger partial charge in [0.05, 0.1) is 12.0 Å². The molecule has 2 heterocycles. The maximum absolute atomic E-state index is 10.9. The highest BCUT2D eigenvalue weighted by atomic mass is 16.6. The van der Waals surface area contributed by atoms with E-state index in [2.05, 4.69) is 10.2 Å². The molecule has 2 aliphatic heterocycles. The number of hydrogen-bond acceptors (Lipinski definition) is 5. The van der Waals surface area contributed by atoms with Crippen molar-refractivity contribution < 1.29 is 9.66 Å². The van der Waals surface area contributed by atoms with E-state index in [1.54, 1.807) is 6.07 Å². The third-order valence-electron chi connectivity index (χ3n) is 4.25. The lowest BCUT2D eigenvalue weighted by Crippen LogP contribution is -2.35. The summed E-state index contributed by atoms with van der Waals surface area (Å²) < 4.78 is 5.15. The van der Waals surface area contributed by atoms with E-state index in [4.69, 9.17) is 4.74 Å². The van der Waals surface area contributed by atoms with Crippen LogP contribution in [-0.2, 0) is 0 Å². The van der Waals surface area contributed by atoms with Crippen LogP contribution in [0.3, 0.4) is 0 Å². The summed E-state index contributed by atoms with van der Waals surface area (Å²) >= 11 is 0. The molecule has 2 saturated heterocycles. The monoisotopic (exact) mass is 277 g/mol. The molecule has 0 radical (unpaired) electrons. The molecular formula is C14H19N3O3. The molecule has 0 aromatic heterocycles. The van der Waals surface area contributed by atoms with Gasteiger partial charge in [-0.05, 0) is 25.3 Å². The second-order valence-corrected chi connectivity index (χ2v) is 5.49. The number of rotatable bonds is 3. The summed E-state index contributed by atoms with van der Waals surface area (Å²) in [5, 5.41) is 14.6. The molecule has 2 aliphatic rings. The summed E-state index contributed by atoms with van der Waals surface area (Å²) in [5.41, 5.74) is 1.02. The first kappa shape index (κ1) is 13.2. The highest BCUT2D eigenvalue weighted by Gasteiger charge is 2.29. The second-order valence-electron chi connectivity index (χ2n) is 5.49. The predicted octanol–water partition coefficient (Wildman–Crippen LogP) is 1.93. The Kier molecular flexibility index (Phi) is 3.48. The van der Waals surface area contributed by atoms with E-state index >= 15 is 0 Å². The van der Waals surface area contributed by atoms with E-state index in [0.29, 0.717) is 17.8 Å². The zero-order chi connectivity index (χ0) is 14.1. The van der Waals surface area contributed by atoms with Crippen LogP contribution in [-0.4, -0.2) is 37.2 Å². The van der Waals surface area contributed by atoms with E-state index in [9.17, 15) is 10.1 Å². The molecular weight excluding hydrogens is 258 g/mol. The standard InChI is InChI=1S/C14H19N3O3/c1-20-14-8-12(4-5-13(14)17(18)19)16-7-6-10-2-3-11(9-16)15-10/h4-5,8,10-11,15H,2-3,6-7,9H2,1H3. The molecule has 2 atom stereocenters. The zero-order valence-corrected chi connectivity index (χ0v) is 11.5. The number of methoxy groups -OCH3 is 1. The number of ether oxygens (including phenoxy) is 1. The normalized spacial score (nSPS) is 25.4. The Bertz CT molecular complexity index is 520. The van der Waals surface area contributed by atoms with Crippen molar-refractivity contribution in [2.24, 2.45) is 0 Å². The Morgan fingerprint density at radius 3 is 2.90 bits per heavy atom. The predicted molar refractivity (Wildman–Crippen MR) is 76.4 cm³/mol. The third-order valence-corrected chi connectivity index (χ3v) is 4.25. The molecule has 0 spiro atoms. The number of benzene rings is 1. The molecule has 0 aliphatic carbocycles. The number of anilines is 1. The van der Waals surface area contributed by atoms with E-state index in [1.807, 2.05) is 6.07 Å². The first-order chi connectivity index (χ1) is 9.67. The number of nitrogens with one attached hydrogen (secondary N) is 1. The van der Waals surface area contributed by atoms with Crippen LogP contribution in [0.4, 0.5) is 11.4 Å². The maximum atomic E-state index is 10.9. The van der Waals surface area contributed by atoms with Crippen molar-refractivity contribution in [2.75, 3.05) is 25.1 Å². The fraction of sp³-hybridized carbons (Fsp3) is 0.571. The summed E-state index contributed by atoms with van der Waals surface area (Å²) in [5.74, 6) is 0.329. The van der Waals surface area contributed by atoms with Gasteiger partial charge in [0.25, 0.3) is 0 Å². The molecule has 6 nitrogen and oxygen atoms in total. The van der Waals surface area contributed by atoms with Gasteiger partial charge in [-0.25, -0.2) is 0 Å². The maximum Gasteiger partial charge on any atom is 0.311 e. The van der Waals surface area contributed by atoms with E-state index in [1.165, 1.54) is 26.0 Å². The minimum absolute atomic E-state index is 0.0192. The molecule has 3 rings (SSSR count). The number of nitro groups is 1. The fourth-order valence-electron chi connectivity index (χ4n) is 3.19. The molecule has 6 heteroatoms. The summed E-state index contributed by atoms with van der Waals surface area (Å²) in [4.78, 5) is 12.8. The van der Waals surface area contributed by atoms with Crippen molar-refractivity contribution in [3.05, 3.63) is 28.3 Å². The van der Waals surface area contributed by atoms with Crippen molar-refractivity contribution in [1.82, 2.24) is 5.32 Å². The molecule has 0 saturated carbocycles. The van der Waals surface area contributed by atoms with Gasteiger partial charge in [0.15, 0.2) is 5.75 Å². The SMILES string of the molecule is COc1cc(N2CCC3CCC(C2)N3)ccc1[N+](=O)[O-]. The van der Waals surface area contributed by atoms with Gasteiger partial charge in [0.2, 0.25) is 0 Å². The molecule has 0 amide bonds. The van der Waals surface area contributed by atoms with Crippen LogP contribution in [0.1, 0.15) is 19.3 Å². The van der Waals surface area contributed by atoms with Crippen molar-refractivity contribution >= 4 is 11.4 Å². The van der Waals surface area contributed by atoms with Gasteiger partial charge in [0, 0.05) is 43.0 Å². The summed E-state index contributed by atoms with van der Waals surface area (Å²) in [6.45, 7) is 1.94. The minimum Gasteiger partial charge on any atom is -0.490 e. The molecule has 1 aromatic carbocycles. The van der Waals surface area contributed by atoms with Crippen molar-refractivity contribution in [2.45, 2.75) is 31.3 Å². The largest absolute Gasteiger partial charge is 0.490 e. The highest BCUT2D eigenvalue weighted by molar-refractivity contribution is 5.59. The van der Waals surface area contributed by atoms with Gasteiger partial charge in [0.1, 0.15) is 0 Å². The van der Waals surface area contributed by atoms with Gasteiger partial charge >= 0.3 is 5.69 Å². The minimum atomic E-state index is -0.408.